The van der Waals surface area contributed by atoms with Crippen molar-refractivity contribution in [3.63, 3.8) is 0 Å². The van der Waals surface area contributed by atoms with Crippen LogP contribution in [0.1, 0.15) is 99.6 Å². The Morgan fingerprint density at radius 2 is 1.16 bits per heavy atom. The number of rotatable bonds is 8. The van der Waals surface area contributed by atoms with E-state index in [9.17, 15) is 5.48 Å². The molecule has 80 heavy (non-hydrogen) atoms. The number of hydrogen-bond donors (Lipinski definition) is 0. The molecule has 0 spiro atoms. The van der Waals surface area contributed by atoms with Crippen molar-refractivity contribution >= 4 is 66.4 Å². The van der Waals surface area contributed by atoms with Crippen LogP contribution in [0.3, 0.4) is 0 Å². The molecular weight excluding hydrogens is 1160 g/mol. The molecule has 0 fully saturated rings. The maximum absolute atomic E-state index is 9.39. The largest absolute Gasteiger partial charge is 0.509 e. The molecular formula is C73H64N5OPt-3. The number of aromatic nitrogens is 3. The van der Waals surface area contributed by atoms with Crippen LogP contribution in [-0.4, -0.2) is 14.1 Å². The fourth-order valence-electron chi connectivity index (χ4n) is 10.9. The molecule has 0 saturated heterocycles. The first-order valence-electron chi connectivity index (χ1n) is 32.1. The predicted octanol–water partition coefficient (Wildman–Crippen LogP) is 19.6. The van der Waals surface area contributed by atoms with Gasteiger partial charge in [0.2, 0.25) is 0 Å². The van der Waals surface area contributed by atoms with Crippen molar-refractivity contribution in [1.82, 2.24) is 14.1 Å². The van der Waals surface area contributed by atoms with Gasteiger partial charge in [0.25, 0.3) is 0 Å². The fourth-order valence-corrected chi connectivity index (χ4v) is 10.9. The van der Waals surface area contributed by atoms with Gasteiger partial charge < -0.3 is 23.7 Å². The Labute approximate surface area is 500 Å². The summed E-state index contributed by atoms with van der Waals surface area (Å²) in [5.41, 5.74) is 10.9. The van der Waals surface area contributed by atoms with Gasteiger partial charge in [-0.05, 0) is 110 Å². The summed E-state index contributed by atoms with van der Waals surface area (Å²) in [6, 6.07) is 50.6. The minimum atomic E-state index is -2.62. The molecule has 400 valence electrons. The first-order chi connectivity index (χ1) is 42.5. The first-order valence-corrected chi connectivity index (χ1v) is 26.6. The third-order valence-electron chi connectivity index (χ3n) is 15.1. The number of nitrogens with zero attached hydrogens (tertiary/aromatic N) is 5. The van der Waals surface area contributed by atoms with E-state index in [2.05, 4.69) is 139 Å². The van der Waals surface area contributed by atoms with E-state index in [1.54, 1.807) is 35.0 Å². The van der Waals surface area contributed by atoms with Crippen LogP contribution in [-0.2, 0) is 37.3 Å². The molecule has 0 saturated carbocycles. The zero-order valence-electron chi connectivity index (χ0n) is 57.0. The van der Waals surface area contributed by atoms with E-state index in [1.807, 2.05) is 72.8 Å². The molecule has 13 rings (SSSR count). The van der Waals surface area contributed by atoms with E-state index in [-0.39, 0.29) is 76.2 Å². The SMILES string of the molecule is [2H]c1c([2H])c([2H])c2c(c1[2H])c1c([2H])c([2H])c([2H])c([2H])c1n2-c1cccc2c1c1ccc(Oc3[c-]c(N4[CH-]N(c5cc(C(C)(C)C)cc(C(C)(C)C)c5)c5c(-c6ccccc6)cccc54)ccc3)[c-]c1n2-c1cc(C([2H])([2H])[2H])c(-c2cccc(C(C)(C)C)c2)cn1.[Pt]. The zero-order chi connectivity index (χ0) is 64.0. The summed E-state index contributed by atoms with van der Waals surface area (Å²) in [5.74, 6) is 0.843. The third kappa shape index (κ3) is 9.18. The van der Waals surface area contributed by atoms with Gasteiger partial charge in [0.15, 0.2) is 0 Å². The minimum absolute atomic E-state index is 0. The van der Waals surface area contributed by atoms with E-state index in [0.29, 0.717) is 50.1 Å². The Bertz CT molecular complexity index is 4850. The Kier molecular flexibility index (Phi) is 10.2. The Morgan fingerprint density at radius 3 is 1.86 bits per heavy atom. The number of aryl methyl sites for hydroxylation is 1. The average molecular weight is 1230 g/mol. The van der Waals surface area contributed by atoms with Crippen LogP contribution in [0.25, 0.3) is 77.4 Å². The van der Waals surface area contributed by atoms with Crippen molar-refractivity contribution in [3.8, 4) is 45.3 Å². The van der Waals surface area contributed by atoms with Gasteiger partial charge in [-0.2, -0.15) is 12.1 Å². The standard InChI is InChI=1S/C73H64N5O.Pt/c1-47-38-68(74-45-61(47)49-24-18-25-50(39-49)71(2,3)4)78-65-34-21-33-64(77-62-31-16-14-28-58(62)59-29-15-17-32-63(59)77)69(65)60-37-36-56(44-67(60)78)79-55-27-19-26-53(43-55)75-46-76(54-41-51(72(5,6)7)40-52(42-54)73(8,9)10)70-57(30-20-35-66(70)75)48-22-12-11-13-23-48;/h11-42,45-46H,1-10H3;/q-3;/i1D3,14D,15D,16D,17D,28D,29D,31D,32D;. The third-order valence-corrected chi connectivity index (χ3v) is 15.1. The Morgan fingerprint density at radius 1 is 0.525 bits per heavy atom. The van der Waals surface area contributed by atoms with E-state index in [0.717, 1.165) is 33.8 Å². The predicted molar refractivity (Wildman–Crippen MR) is 330 cm³/mol. The van der Waals surface area contributed by atoms with Gasteiger partial charge in [-0.3, -0.25) is 0 Å². The molecule has 1 aliphatic rings. The van der Waals surface area contributed by atoms with E-state index >= 15 is 0 Å². The van der Waals surface area contributed by atoms with Crippen LogP contribution in [0, 0.1) is 25.7 Å². The van der Waals surface area contributed by atoms with Crippen LogP contribution < -0.4 is 14.5 Å². The second-order valence-electron chi connectivity index (χ2n) is 23.5. The summed E-state index contributed by atoms with van der Waals surface area (Å²) in [7, 11) is 0. The molecule has 9 aromatic carbocycles. The van der Waals surface area contributed by atoms with E-state index in [4.69, 9.17) is 19.3 Å². The molecule has 0 atom stereocenters. The second kappa shape index (κ2) is 19.9. The number of hydrogen-bond acceptors (Lipinski definition) is 4. The number of benzene rings is 9. The molecule has 0 radical (unpaired) electrons. The van der Waals surface area contributed by atoms with Crippen molar-refractivity contribution in [1.29, 1.82) is 0 Å². The van der Waals surface area contributed by atoms with Gasteiger partial charge in [-0.25, -0.2) is 4.98 Å². The monoisotopic (exact) mass is 1230 g/mol. The molecule has 0 aliphatic carbocycles. The normalized spacial score (nSPS) is 15.0. The molecule has 4 heterocycles. The fraction of sp³-hybridized carbons (Fsp3) is 0.178. The summed E-state index contributed by atoms with van der Waals surface area (Å²) in [6.07, 6.45) is 1.57. The van der Waals surface area contributed by atoms with E-state index in [1.165, 1.54) is 15.7 Å². The van der Waals surface area contributed by atoms with Gasteiger partial charge in [-0.15, -0.1) is 42.7 Å². The molecule has 0 bridgehead atoms. The zero-order valence-corrected chi connectivity index (χ0v) is 48.2. The topological polar surface area (TPSA) is 38.5 Å². The molecule has 0 N–H and O–H groups in total. The van der Waals surface area contributed by atoms with Crippen molar-refractivity contribution in [3.05, 3.63) is 241 Å². The van der Waals surface area contributed by atoms with Crippen LogP contribution in [0.15, 0.2) is 200 Å². The number of ether oxygens (including phenoxy) is 1. The number of pyridine rings is 1. The first kappa shape index (κ1) is 40.9. The van der Waals surface area contributed by atoms with Crippen LogP contribution in [0.4, 0.5) is 22.7 Å². The Balaban J connectivity index is 0.00000800. The van der Waals surface area contributed by atoms with Gasteiger partial charge >= 0.3 is 0 Å². The molecule has 0 amide bonds. The number of fused-ring (bicyclic) bond motifs is 7. The van der Waals surface area contributed by atoms with Crippen LogP contribution >= 0.6 is 0 Å². The Hall–Kier alpha value is -8.18. The van der Waals surface area contributed by atoms with Gasteiger partial charge in [0, 0.05) is 93.0 Å². The maximum Gasteiger partial charge on any atom is 0.135 e. The van der Waals surface area contributed by atoms with Gasteiger partial charge in [0.05, 0.1) is 22.0 Å². The quantitative estimate of drug-likeness (QED) is 0.142. The van der Waals surface area contributed by atoms with Crippen LogP contribution in [0.5, 0.6) is 11.5 Å². The molecule has 3 aromatic heterocycles. The molecule has 6 nitrogen and oxygen atoms in total. The second-order valence-corrected chi connectivity index (χ2v) is 23.5. The van der Waals surface area contributed by atoms with Gasteiger partial charge in [-0.1, -0.05) is 188 Å². The molecule has 7 heteroatoms. The summed E-state index contributed by atoms with van der Waals surface area (Å²) in [4.78, 5) is 9.44. The van der Waals surface area contributed by atoms with Crippen LogP contribution in [0.2, 0.25) is 0 Å². The van der Waals surface area contributed by atoms with E-state index < -0.39 is 55.2 Å². The number of anilines is 4. The number of para-hydroxylation sites is 3. The summed E-state index contributed by atoms with van der Waals surface area (Å²) in [6.45, 7) is 19.2. The molecule has 0 unspecified atom stereocenters. The van der Waals surface area contributed by atoms with Crippen molar-refractivity contribution < 1.29 is 40.9 Å². The summed E-state index contributed by atoms with van der Waals surface area (Å²) in [5, 5.41) is 0.878. The van der Waals surface area contributed by atoms with Gasteiger partial charge in [0.1, 0.15) is 5.82 Å². The minimum Gasteiger partial charge on any atom is -0.509 e. The smallest absolute Gasteiger partial charge is 0.135 e. The van der Waals surface area contributed by atoms with Crippen molar-refractivity contribution in [2.24, 2.45) is 0 Å². The van der Waals surface area contributed by atoms with Crippen molar-refractivity contribution in [2.75, 3.05) is 9.80 Å². The molecule has 1 aliphatic heterocycles. The van der Waals surface area contributed by atoms with Crippen molar-refractivity contribution in [2.45, 2.75) is 85.4 Å². The molecule has 12 aromatic rings. The average Bonchev–Trinajstić information content (AvgIpc) is 1.55. The summed E-state index contributed by atoms with van der Waals surface area (Å²) >= 11 is 0. The maximum atomic E-state index is 9.39. The summed E-state index contributed by atoms with van der Waals surface area (Å²) < 4.78 is 109.